The van der Waals surface area contributed by atoms with E-state index >= 15 is 0 Å². The molecule has 1 aromatic heterocycles. The Labute approximate surface area is 143 Å². The Balaban J connectivity index is 1.85. The van der Waals surface area contributed by atoms with Gasteiger partial charge in [0.1, 0.15) is 18.3 Å². The Morgan fingerprint density at radius 2 is 2.00 bits per heavy atom. The lowest BCUT2D eigenvalue weighted by atomic mass is 10.0. The minimum atomic E-state index is -1.37. The SMILES string of the molecule is O=c1ccn(C2OC(CO)C(O)C2O)c(=O)n1CCC1=CCCC=C1. The van der Waals surface area contributed by atoms with E-state index in [1.807, 2.05) is 6.08 Å². The van der Waals surface area contributed by atoms with Crippen molar-refractivity contribution in [3.05, 3.63) is 56.9 Å². The number of nitrogens with zero attached hydrogens (tertiary/aromatic N) is 2. The Morgan fingerprint density at radius 3 is 2.64 bits per heavy atom. The number of allylic oxidation sites excluding steroid dienone is 4. The van der Waals surface area contributed by atoms with Crippen molar-refractivity contribution in [2.45, 2.75) is 50.3 Å². The van der Waals surface area contributed by atoms with E-state index < -0.39 is 42.4 Å². The minimum absolute atomic E-state index is 0.212. The topological polar surface area (TPSA) is 114 Å². The molecule has 1 fully saturated rings. The fourth-order valence-corrected chi connectivity index (χ4v) is 3.13. The summed E-state index contributed by atoms with van der Waals surface area (Å²) < 4.78 is 7.53. The van der Waals surface area contributed by atoms with Crippen molar-refractivity contribution in [2.75, 3.05) is 6.61 Å². The standard InChI is InChI=1S/C17H22N2O6/c20-10-12-14(22)15(23)16(25-12)19-9-7-13(21)18(17(19)24)8-6-11-4-2-1-3-5-11/h2,4-5,7,9,12,14-16,20,22-23H,1,3,6,8,10H2. The van der Waals surface area contributed by atoms with Gasteiger partial charge in [-0.2, -0.15) is 0 Å². The Morgan fingerprint density at radius 1 is 1.20 bits per heavy atom. The second-order valence-electron chi connectivity index (χ2n) is 6.23. The van der Waals surface area contributed by atoms with Gasteiger partial charge in [-0.1, -0.05) is 23.8 Å². The first-order chi connectivity index (χ1) is 12.0. The molecule has 1 saturated heterocycles. The monoisotopic (exact) mass is 350 g/mol. The number of aliphatic hydroxyl groups excluding tert-OH is 3. The van der Waals surface area contributed by atoms with E-state index in [9.17, 15) is 19.8 Å². The van der Waals surface area contributed by atoms with Gasteiger partial charge in [-0.05, 0) is 19.3 Å². The summed E-state index contributed by atoms with van der Waals surface area (Å²) in [6, 6.07) is 1.22. The van der Waals surface area contributed by atoms with Crippen LogP contribution in [0.3, 0.4) is 0 Å². The number of aromatic nitrogens is 2. The van der Waals surface area contributed by atoms with Gasteiger partial charge in [0, 0.05) is 18.8 Å². The van der Waals surface area contributed by atoms with Crippen LogP contribution in [0.1, 0.15) is 25.5 Å². The first-order valence-corrected chi connectivity index (χ1v) is 8.33. The second kappa shape index (κ2) is 7.49. The number of hydrogen-bond acceptors (Lipinski definition) is 6. The summed E-state index contributed by atoms with van der Waals surface area (Å²) >= 11 is 0. The van der Waals surface area contributed by atoms with E-state index in [0.717, 1.165) is 27.5 Å². The lowest BCUT2D eigenvalue weighted by molar-refractivity contribution is -0.0556. The van der Waals surface area contributed by atoms with Gasteiger partial charge in [0.05, 0.1) is 6.61 Å². The van der Waals surface area contributed by atoms with Crippen LogP contribution in [0.2, 0.25) is 0 Å². The van der Waals surface area contributed by atoms with Crippen LogP contribution in [0.5, 0.6) is 0 Å². The lowest BCUT2D eigenvalue weighted by Gasteiger charge is -2.19. The van der Waals surface area contributed by atoms with Crippen LogP contribution in [0.4, 0.5) is 0 Å². The molecule has 4 unspecified atom stereocenters. The van der Waals surface area contributed by atoms with E-state index in [0.29, 0.717) is 6.42 Å². The van der Waals surface area contributed by atoms with Gasteiger partial charge < -0.3 is 20.1 Å². The third kappa shape index (κ3) is 3.52. The van der Waals surface area contributed by atoms with E-state index in [2.05, 4.69) is 12.2 Å². The Kier molecular flexibility index (Phi) is 5.33. The average Bonchev–Trinajstić information content (AvgIpc) is 2.91. The van der Waals surface area contributed by atoms with Crippen LogP contribution < -0.4 is 11.2 Å². The Hall–Kier alpha value is -2.00. The highest BCUT2D eigenvalue weighted by Crippen LogP contribution is 2.27. The second-order valence-corrected chi connectivity index (χ2v) is 6.23. The van der Waals surface area contributed by atoms with E-state index in [1.165, 1.54) is 12.3 Å². The number of rotatable bonds is 5. The molecule has 136 valence electrons. The van der Waals surface area contributed by atoms with Crippen LogP contribution in [-0.4, -0.2) is 49.4 Å². The molecule has 4 atom stereocenters. The molecule has 25 heavy (non-hydrogen) atoms. The van der Waals surface area contributed by atoms with Crippen molar-refractivity contribution < 1.29 is 20.1 Å². The van der Waals surface area contributed by atoms with Gasteiger partial charge in [0.2, 0.25) is 0 Å². The van der Waals surface area contributed by atoms with Crippen molar-refractivity contribution in [1.82, 2.24) is 9.13 Å². The molecule has 8 nitrogen and oxygen atoms in total. The zero-order chi connectivity index (χ0) is 18.0. The maximum absolute atomic E-state index is 12.6. The van der Waals surface area contributed by atoms with Gasteiger partial charge in [0.25, 0.3) is 5.56 Å². The quantitative estimate of drug-likeness (QED) is 0.646. The molecular weight excluding hydrogens is 328 g/mol. The summed E-state index contributed by atoms with van der Waals surface area (Å²) in [6.07, 6.45) is 5.04. The molecule has 2 heterocycles. The average molecular weight is 350 g/mol. The molecule has 3 N–H and O–H groups in total. The van der Waals surface area contributed by atoms with Crippen molar-refractivity contribution in [1.29, 1.82) is 0 Å². The fourth-order valence-electron chi connectivity index (χ4n) is 3.13. The lowest BCUT2D eigenvalue weighted by Crippen LogP contribution is -2.43. The molecule has 1 aromatic rings. The van der Waals surface area contributed by atoms with Crippen LogP contribution in [0, 0.1) is 0 Å². The highest BCUT2D eigenvalue weighted by Gasteiger charge is 2.43. The molecule has 0 amide bonds. The van der Waals surface area contributed by atoms with E-state index in [-0.39, 0.29) is 6.54 Å². The summed E-state index contributed by atoms with van der Waals surface area (Å²) in [6.45, 7) is -0.271. The predicted molar refractivity (Wildman–Crippen MR) is 89.0 cm³/mol. The van der Waals surface area contributed by atoms with Gasteiger partial charge >= 0.3 is 5.69 Å². The molecule has 1 aliphatic carbocycles. The summed E-state index contributed by atoms with van der Waals surface area (Å²) in [5.41, 5.74) is 0.0111. The zero-order valence-corrected chi connectivity index (χ0v) is 13.7. The van der Waals surface area contributed by atoms with E-state index in [4.69, 9.17) is 9.84 Å². The molecule has 0 aromatic carbocycles. The molecule has 0 saturated carbocycles. The highest BCUT2D eigenvalue weighted by atomic mass is 16.6. The molecule has 3 rings (SSSR count). The normalized spacial score (nSPS) is 29.0. The Bertz CT molecular complexity index is 793. The summed E-state index contributed by atoms with van der Waals surface area (Å²) in [5.74, 6) is 0. The molecule has 8 heteroatoms. The largest absolute Gasteiger partial charge is 0.394 e. The summed E-state index contributed by atoms with van der Waals surface area (Å²) in [4.78, 5) is 24.7. The summed E-state index contributed by atoms with van der Waals surface area (Å²) in [5, 5.41) is 29.1. The van der Waals surface area contributed by atoms with Crippen molar-refractivity contribution >= 4 is 0 Å². The molecule has 0 bridgehead atoms. The minimum Gasteiger partial charge on any atom is -0.394 e. The van der Waals surface area contributed by atoms with E-state index in [1.54, 1.807) is 0 Å². The number of aliphatic hydroxyl groups is 3. The fraction of sp³-hybridized carbons (Fsp3) is 0.529. The predicted octanol–water partition coefficient (Wildman–Crippen LogP) is -0.712. The summed E-state index contributed by atoms with van der Waals surface area (Å²) in [7, 11) is 0. The van der Waals surface area contributed by atoms with Crippen molar-refractivity contribution in [3.63, 3.8) is 0 Å². The third-order valence-corrected chi connectivity index (χ3v) is 4.58. The van der Waals surface area contributed by atoms with Crippen LogP contribution in [-0.2, 0) is 11.3 Å². The number of hydrogen-bond donors (Lipinski definition) is 3. The maximum Gasteiger partial charge on any atom is 0.333 e. The maximum atomic E-state index is 12.6. The zero-order valence-electron chi connectivity index (χ0n) is 13.7. The van der Waals surface area contributed by atoms with Crippen LogP contribution >= 0.6 is 0 Å². The van der Waals surface area contributed by atoms with Gasteiger partial charge in [-0.3, -0.25) is 13.9 Å². The first-order valence-electron chi connectivity index (χ1n) is 8.33. The van der Waals surface area contributed by atoms with Gasteiger partial charge in [-0.15, -0.1) is 0 Å². The van der Waals surface area contributed by atoms with Crippen molar-refractivity contribution in [2.24, 2.45) is 0 Å². The van der Waals surface area contributed by atoms with Gasteiger partial charge in [-0.25, -0.2) is 4.79 Å². The molecule has 2 aliphatic rings. The first kappa shape index (κ1) is 17.8. The number of ether oxygens (including phenoxy) is 1. The van der Waals surface area contributed by atoms with Crippen molar-refractivity contribution in [3.8, 4) is 0 Å². The molecule has 1 aliphatic heterocycles. The molecular formula is C17H22N2O6. The molecule has 0 spiro atoms. The van der Waals surface area contributed by atoms with Crippen LogP contribution in [0.25, 0.3) is 0 Å². The third-order valence-electron chi connectivity index (χ3n) is 4.58. The smallest absolute Gasteiger partial charge is 0.333 e. The van der Waals surface area contributed by atoms with Crippen LogP contribution in [0.15, 0.2) is 45.7 Å². The van der Waals surface area contributed by atoms with Gasteiger partial charge in [0.15, 0.2) is 6.23 Å². The highest BCUT2D eigenvalue weighted by molar-refractivity contribution is 5.21. The molecule has 0 radical (unpaired) electrons.